The van der Waals surface area contributed by atoms with Crippen LogP contribution in [0.15, 0.2) is 30.5 Å². The van der Waals surface area contributed by atoms with Crippen LogP contribution in [0.25, 0.3) is 5.69 Å². The van der Waals surface area contributed by atoms with E-state index in [1.807, 2.05) is 30.8 Å². The minimum atomic E-state index is -0.254. The third kappa shape index (κ3) is 3.93. The van der Waals surface area contributed by atoms with Crippen molar-refractivity contribution in [1.82, 2.24) is 15.1 Å². The van der Waals surface area contributed by atoms with Gasteiger partial charge in [-0.25, -0.2) is 9.07 Å². The average Bonchev–Trinajstić information content (AvgIpc) is 2.95. The predicted octanol–water partition coefficient (Wildman–Crippen LogP) is 3.63. The van der Waals surface area contributed by atoms with Crippen molar-refractivity contribution in [1.29, 1.82) is 0 Å². The highest BCUT2D eigenvalue weighted by Crippen LogP contribution is 2.41. The highest BCUT2D eigenvalue weighted by molar-refractivity contribution is 5.38. The lowest BCUT2D eigenvalue weighted by molar-refractivity contribution is 0.146. The van der Waals surface area contributed by atoms with Crippen molar-refractivity contribution >= 4 is 0 Å². The Hall–Kier alpha value is -1.72. The van der Waals surface area contributed by atoms with Crippen molar-refractivity contribution in [2.75, 3.05) is 13.2 Å². The second-order valence-corrected chi connectivity index (χ2v) is 8.74. The summed E-state index contributed by atoms with van der Waals surface area (Å²) in [5.41, 5.74) is 3.03. The first kappa shape index (κ1) is 18.1. The van der Waals surface area contributed by atoms with Crippen molar-refractivity contribution in [2.24, 2.45) is 10.8 Å². The summed E-state index contributed by atoms with van der Waals surface area (Å²) in [5, 5.41) is 17.7. The molecule has 1 atom stereocenters. The fourth-order valence-electron chi connectivity index (χ4n) is 3.51. The minimum absolute atomic E-state index is 0.124. The van der Waals surface area contributed by atoms with Gasteiger partial charge in [0.15, 0.2) is 0 Å². The monoisotopic (exact) mass is 345 g/mol. The number of hydrogen-bond donors (Lipinski definition) is 2. The van der Waals surface area contributed by atoms with E-state index in [0.717, 1.165) is 30.8 Å². The van der Waals surface area contributed by atoms with Gasteiger partial charge in [0.1, 0.15) is 5.82 Å². The molecular weight excluding hydrogens is 317 g/mol. The lowest BCUT2D eigenvalue weighted by Gasteiger charge is -2.37. The van der Waals surface area contributed by atoms with Crippen molar-refractivity contribution in [3.05, 3.63) is 47.5 Å². The number of halogens is 1. The van der Waals surface area contributed by atoms with Crippen LogP contribution in [0.2, 0.25) is 0 Å². The summed E-state index contributed by atoms with van der Waals surface area (Å²) >= 11 is 0. The largest absolute Gasteiger partial charge is 0.396 e. The Kier molecular flexibility index (Phi) is 4.73. The van der Waals surface area contributed by atoms with E-state index in [1.54, 1.807) is 6.07 Å². The zero-order valence-electron chi connectivity index (χ0n) is 15.5. The fourth-order valence-corrected chi connectivity index (χ4v) is 3.51. The minimum Gasteiger partial charge on any atom is -0.396 e. The van der Waals surface area contributed by atoms with Crippen LogP contribution in [0.1, 0.15) is 51.4 Å². The first-order valence-electron chi connectivity index (χ1n) is 8.88. The van der Waals surface area contributed by atoms with Crippen LogP contribution in [-0.2, 0) is 6.42 Å². The van der Waals surface area contributed by atoms with E-state index >= 15 is 0 Å². The van der Waals surface area contributed by atoms with Gasteiger partial charge in [-0.3, -0.25) is 0 Å². The fraction of sp³-hybridized carbons (Fsp3) is 0.550. The summed E-state index contributed by atoms with van der Waals surface area (Å²) in [5.74, 6) is -0.254. The number of aliphatic hydroxyl groups is 1. The van der Waals surface area contributed by atoms with E-state index < -0.39 is 0 Å². The molecule has 3 rings (SSSR count). The molecule has 0 saturated heterocycles. The van der Waals surface area contributed by atoms with E-state index in [2.05, 4.69) is 24.3 Å². The Morgan fingerprint density at radius 1 is 1.40 bits per heavy atom. The summed E-state index contributed by atoms with van der Waals surface area (Å²) in [6, 6.07) is 6.75. The third-order valence-corrected chi connectivity index (χ3v) is 4.99. The molecule has 0 unspecified atom stereocenters. The van der Waals surface area contributed by atoms with Gasteiger partial charge in [-0.1, -0.05) is 33.8 Å². The van der Waals surface area contributed by atoms with Crippen LogP contribution >= 0.6 is 0 Å². The predicted molar refractivity (Wildman–Crippen MR) is 97.2 cm³/mol. The second-order valence-electron chi connectivity index (χ2n) is 8.74. The summed E-state index contributed by atoms with van der Waals surface area (Å²) in [7, 11) is 0. The van der Waals surface area contributed by atoms with Gasteiger partial charge in [-0.15, -0.1) is 0 Å². The van der Waals surface area contributed by atoms with E-state index in [1.165, 1.54) is 17.7 Å². The van der Waals surface area contributed by atoms with Crippen LogP contribution in [0.4, 0.5) is 4.39 Å². The molecule has 1 aliphatic carbocycles. The highest BCUT2D eigenvalue weighted by Gasteiger charge is 2.35. The van der Waals surface area contributed by atoms with Crippen LogP contribution < -0.4 is 5.32 Å². The molecule has 1 heterocycles. The molecule has 2 aromatic rings. The maximum Gasteiger partial charge on any atom is 0.125 e. The lowest BCUT2D eigenvalue weighted by atomic mass is 9.74. The van der Waals surface area contributed by atoms with E-state index in [9.17, 15) is 9.50 Å². The van der Waals surface area contributed by atoms with Crippen LogP contribution in [0, 0.1) is 16.6 Å². The molecule has 0 radical (unpaired) electrons. The van der Waals surface area contributed by atoms with Gasteiger partial charge >= 0.3 is 0 Å². The SMILES string of the molecule is CC(C)(CO)CN[C@H]1CC(C)(C)Cc2c1cnn2-c1cccc(F)c1. The maximum absolute atomic E-state index is 13.6. The van der Waals surface area contributed by atoms with Crippen LogP contribution in [0.3, 0.4) is 0 Å². The number of aliphatic hydroxyl groups excluding tert-OH is 1. The smallest absolute Gasteiger partial charge is 0.125 e. The Bertz CT molecular complexity index is 751. The Labute approximate surface area is 149 Å². The summed E-state index contributed by atoms with van der Waals surface area (Å²) < 4.78 is 15.5. The summed E-state index contributed by atoms with van der Waals surface area (Å²) in [6.07, 6.45) is 3.82. The number of rotatable bonds is 5. The number of nitrogens with zero attached hydrogens (tertiary/aromatic N) is 2. The molecule has 1 aliphatic rings. The Morgan fingerprint density at radius 2 is 2.16 bits per heavy atom. The van der Waals surface area contributed by atoms with Gasteiger partial charge in [-0.05, 0) is 36.5 Å². The number of aromatic nitrogens is 2. The van der Waals surface area contributed by atoms with E-state index in [4.69, 9.17) is 0 Å². The first-order valence-corrected chi connectivity index (χ1v) is 8.88. The molecule has 2 N–H and O–H groups in total. The molecule has 25 heavy (non-hydrogen) atoms. The van der Waals surface area contributed by atoms with Gasteiger partial charge in [0, 0.05) is 35.9 Å². The normalized spacial score (nSPS) is 19.7. The van der Waals surface area contributed by atoms with E-state index in [0.29, 0.717) is 0 Å². The zero-order chi connectivity index (χ0) is 18.2. The Morgan fingerprint density at radius 3 is 2.84 bits per heavy atom. The standard InChI is InChI=1S/C20H28FN3O/c1-19(2)9-17(22-12-20(3,4)13-25)16-11-23-24(18(16)10-19)15-7-5-6-14(21)8-15/h5-8,11,17,22,25H,9-10,12-13H2,1-4H3/t17-/m0/s1. The maximum atomic E-state index is 13.6. The van der Waals surface area contributed by atoms with Gasteiger partial charge in [0.2, 0.25) is 0 Å². The molecule has 4 nitrogen and oxygen atoms in total. The lowest BCUT2D eigenvalue weighted by Crippen LogP contribution is -2.39. The van der Waals surface area contributed by atoms with E-state index in [-0.39, 0.29) is 29.3 Å². The molecule has 1 aromatic heterocycles. The summed E-state index contributed by atoms with van der Waals surface area (Å²) in [4.78, 5) is 0. The molecule has 5 heteroatoms. The topological polar surface area (TPSA) is 50.1 Å². The quantitative estimate of drug-likeness (QED) is 0.870. The van der Waals surface area contributed by atoms with Crippen molar-refractivity contribution in [3.8, 4) is 5.69 Å². The number of fused-ring (bicyclic) bond motifs is 1. The Balaban J connectivity index is 1.94. The molecular formula is C20H28FN3O. The molecule has 0 saturated carbocycles. The molecule has 0 aliphatic heterocycles. The summed E-state index contributed by atoms with van der Waals surface area (Å²) in [6.45, 7) is 9.48. The molecule has 1 aromatic carbocycles. The first-order chi connectivity index (χ1) is 11.7. The van der Waals surface area contributed by atoms with Crippen molar-refractivity contribution < 1.29 is 9.50 Å². The number of hydrogen-bond acceptors (Lipinski definition) is 3. The van der Waals surface area contributed by atoms with Crippen LogP contribution in [0.5, 0.6) is 0 Å². The third-order valence-electron chi connectivity index (χ3n) is 4.99. The van der Waals surface area contributed by atoms with Crippen molar-refractivity contribution in [3.63, 3.8) is 0 Å². The van der Waals surface area contributed by atoms with Gasteiger partial charge in [-0.2, -0.15) is 5.10 Å². The number of benzene rings is 1. The van der Waals surface area contributed by atoms with Crippen LogP contribution in [-0.4, -0.2) is 28.0 Å². The molecule has 136 valence electrons. The molecule has 0 fully saturated rings. The molecule has 0 bridgehead atoms. The second kappa shape index (κ2) is 6.54. The van der Waals surface area contributed by atoms with Crippen molar-refractivity contribution in [2.45, 2.75) is 46.6 Å². The van der Waals surface area contributed by atoms with Gasteiger partial charge in [0.05, 0.1) is 11.9 Å². The van der Waals surface area contributed by atoms with Gasteiger partial charge in [0.25, 0.3) is 0 Å². The zero-order valence-corrected chi connectivity index (χ0v) is 15.5. The molecule has 0 spiro atoms. The van der Waals surface area contributed by atoms with Gasteiger partial charge < -0.3 is 10.4 Å². The molecule has 0 amide bonds. The highest BCUT2D eigenvalue weighted by atomic mass is 19.1. The average molecular weight is 345 g/mol. The number of nitrogens with one attached hydrogen (secondary N) is 1.